The number of aromatic nitrogens is 4. The van der Waals surface area contributed by atoms with Crippen LogP contribution in [0.15, 0.2) is 36.8 Å². The molecule has 3 aromatic rings. The molecular formula is C17H21N5O. The van der Waals surface area contributed by atoms with Crippen molar-refractivity contribution in [1.82, 2.24) is 19.5 Å². The molecule has 120 valence electrons. The van der Waals surface area contributed by atoms with Gasteiger partial charge in [0.25, 0.3) is 0 Å². The summed E-state index contributed by atoms with van der Waals surface area (Å²) in [6.45, 7) is 5.42. The molecule has 0 aliphatic rings. The van der Waals surface area contributed by atoms with E-state index in [1.54, 1.807) is 13.3 Å². The number of aryl methyl sites for hydroxylation is 1. The maximum absolute atomic E-state index is 5.19. The van der Waals surface area contributed by atoms with Gasteiger partial charge in [0.1, 0.15) is 11.3 Å². The number of fused-ring (bicyclic) bond motifs is 1. The largest absolute Gasteiger partial charge is 0.383 e. The van der Waals surface area contributed by atoms with Gasteiger partial charge in [-0.05, 0) is 31.5 Å². The predicted octanol–water partition coefficient (Wildman–Crippen LogP) is 2.95. The van der Waals surface area contributed by atoms with E-state index < -0.39 is 0 Å². The summed E-state index contributed by atoms with van der Waals surface area (Å²) in [6, 6.07) is 6.11. The molecule has 1 N–H and O–H groups in total. The molecule has 3 heterocycles. The third-order valence-electron chi connectivity index (χ3n) is 3.80. The standard InChI is InChI=1S/C17H21N5O/c1-12(14-5-4-7-18-11-14)19-17-16-15(20-13(2)21-17)6-8-22(16)9-10-23-3/h4-8,11-12H,9-10H2,1-3H3,(H,19,20,21). The molecule has 1 atom stereocenters. The van der Waals surface area contributed by atoms with Crippen molar-refractivity contribution in [2.75, 3.05) is 19.0 Å². The molecule has 0 amide bonds. The second kappa shape index (κ2) is 6.75. The number of pyridine rings is 1. The van der Waals surface area contributed by atoms with Crippen LogP contribution in [-0.2, 0) is 11.3 Å². The molecule has 6 nitrogen and oxygen atoms in total. The minimum Gasteiger partial charge on any atom is -0.383 e. The van der Waals surface area contributed by atoms with Crippen LogP contribution in [0.5, 0.6) is 0 Å². The fraction of sp³-hybridized carbons (Fsp3) is 0.353. The van der Waals surface area contributed by atoms with Gasteiger partial charge in [-0.25, -0.2) is 9.97 Å². The second-order valence-electron chi connectivity index (χ2n) is 5.51. The molecule has 0 saturated heterocycles. The van der Waals surface area contributed by atoms with Crippen molar-refractivity contribution in [2.45, 2.75) is 26.4 Å². The highest BCUT2D eigenvalue weighted by atomic mass is 16.5. The van der Waals surface area contributed by atoms with Crippen LogP contribution in [0, 0.1) is 6.92 Å². The van der Waals surface area contributed by atoms with Crippen LogP contribution in [0.1, 0.15) is 24.4 Å². The van der Waals surface area contributed by atoms with Gasteiger partial charge in [0.15, 0.2) is 5.82 Å². The first-order valence-electron chi connectivity index (χ1n) is 7.68. The lowest BCUT2D eigenvalue weighted by Crippen LogP contribution is -2.12. The smallest absolute Gasteiger partial charge is 0.154 e. The highest BCUT2D eigenvalue weighted by Crippen LogP contribution is 2.25. The maximum Gasteiger partial charge on any atom is 0.154 e. The number of nitrogens with zero attached hydrogens (tertiary/aromatic N) is 4. The number of hydrogen-bond donors (Lipinski definition) is 1. The van der Waals surface area contributed by atoms with Gasteiger partial charge in [0.05, 0.1) is 18.2 Å². The Bertz CT molecular complexity index is 784. The summed E-state index contributed by atoms with van der Waals surface area (Å²) in [5, 5.41) is 3.49. The fourth-order valence-corrected chi connectivity index (χ4v) is 2.62. The molecule has 3 aromatic heterocycles. The molecule has 0 fully saturated rings. The summed E-state index contributed by atoms with van der Waals surface area (Å²) in [4.78, 5) is 13.3. The summed E-state index contributed by atoms with van der Waals surface area (Å²) in [5.41, 5.74) is 3.06. The number of rotatable bonds is 6. The van der Waals surface area contributed by atoms with Crippen LogP contribution >= 0.6 is 0 Å². The first-order valence-corrected chi connectivity index (χ1v) is 7.68. The first-order chi connectivity index (χ1) is 11.2. The van der Waals surface area contributed by atoms with Crippen LogP contribution in [0.25, 0.3) is 11.0 Å². The summed E-state index contributed by atoms with van der Waals surface area (Å²) in [7, 11) is 1.70. The van der Waals surface area contributed by atoms with Crippen molar-refractivity contribution in [2.24, 2.45) is 0 Å². The lowest BCUT2D eigenvalue weighted by molar-refractivity contribution is 0.188. The van der Waals surface area contributed by atoms with Gasteiger partial charge in [-0.3, -0.25) is 4.98 Å². The van der Waals surface area contributed by atoms with Crippen molar-refractivity contribution in [3.63, 3.8) is 0 Å². The van der Waals surface area contributed by atoms with Crippen molar-refractivity contribution < 1.29 is 4.74 Å². The molecule has 23 heavy (non-hydrogen) atoms. The van der Waals surface area contributed by atoms with E-state index in [4.69, 9.17) is 4.74 Å². The maximum atomic E-state index is 5.19. The Morgan fingerprint density at radius 3 is 2.91 bits per heavy atom. The molecule has 0 spiro atoms. The molecule has 1 unspecified atom stereocenters. The van der Waals surface area contributed by atoms with Gasteiger partial charge in [-0.15, -0.1) is 0 Å². The SMILES string of the molecule is COCCn1ccc2nc(C)nc(NC(C)c3cccnc3)c21. The second-order valence-corrected chi connectivity index (χ2v) is 5.51. The molecular weight excluding hydrogens is 290 g/mol. The van der Waals surface area contributed by atoms with E-state index in [1.165, 1.54) is 0 Å². The van der Waals surface area contributed by atoms with E-state index in [2.05, 4.69) is 37.8 Å². The number of nitrogens with one attached hydrogen (secondary N) is 1. The molecule has 0 aliphatic carbocycles. The molecule has 0 aliphatic heterocycles. The van der Waals surface area contributed by atoms with Crippen molar-refractivity contribution >= 4 is 16.9 Å². The zero-order chi connectivity index (χ0) is 16.2. The molecule has 3 rings (SSSR count). The molecule has 0 radical (unpaired) electrons. The number of ether oxygens (including phenoxy) is 1. The minimum absolute atomic E-state index is 0.104. The number of hydrogen-bond acceptors (Lipinski definition) is 5. The Morgan fingerprint density at radius 1 is 1.30 bits per heavy atom. The third-order valence-corrected chi connectivity index (χ3v) is 3.80. The minimum atomic E-state index is 0.104. The van der Waals surface area contributed by atoms with E-state index in [-0.39, 0.29) is 6.04 Å². The van der Waals surface area contributed by atoms with Gasteiger partial charge in [-0.2, -0.15) is 0 Å². The normalized spacial score (nSPS) is 12.5. The third kappa shape index (κ3) is 3.32. The molecule has 0 bridgehead atoms. The highest BCUT2D eigenvalue weighted by molar-refractivity contribution is 5.86. The fourth-order valence-electron chi connectivity index (χ4n) is 2.62. The molecule has 0 saturated carbocycles. The Kier molecular flexibility index (Phi) is 4.52. The highest BCUT2D eigenvalue weighted by Gasteiger charge is 2.14. The molecule has 6 heteroatoms. The van der Waals surface area contributed by atoms with Gasteiger partial charge in [0.2, 0.25) is 0 Å². The van der Waals surface area contributed by atoms with Gasteiger partial charge in [-0.1, -0.05) is 6.07 Å². The quantitative estimate of drug-likeness (QED) is 0.758. The van der Waals surface area contributed by atoms with E-state index in [1.807, 2.05) is 31.5 Å². The Labute approximate surface area is 135 Å². The van der Waals surface area contributed by atoms with Gasteiger partial charge in [0, 0.05) is 32.2 Å². The van der Waals surface area contributed by atoms with E-state index in [9.17, 15) is 0 Å². The summed E-state index contributed by atoms with van der Waals surface area (Å²) in [6.07, 6.45) is 5.67. The van der Waals surface area contributed by atoms with Crippen molar-refractivity contribution in [3.05, 3.63) is 48.2 Å². The monoisotopic (exact) mass is 311 g/mol. The summed E-state index contributed by atoms with van der Waals surface area (Å²) in [5.74, 6) is 1.59. The van der Waals surface area contributed by atoms with Crippen LogP contribution in [0.2, 0.25) is 0 Å². The average Bonchev–Trinajstić information content (AvgIpc) is 2.96. The van der Waals surface area contributed by atoms with E-state index in [0.717, 1.165) is 34.8 Å². The lowest BCUT2D eigenvalue weighted by atomic mass is 10.1. The average molecular weight is 311 g/mol. The first kappa shape index (κ1) is 15.4. The summed E-state index contributed by atoms with van der Waals surface area (Å²) < 4.78 is 7.31. The van der Waals surface area contributed by atoms with Crippen LogP contribution in [-0.4, -0.2) is 33.2 Å². The van der Waals surface area contributed by atoms with Crippen LogP contribution in [0.4, 0.5) is 5.82 Å². The predicted molar refractivity (Wildman–Crippen MR) is 90.4 cm³/mol. The Balaban J connectivity index is 1.96. The topological polar surface area (TPSA) is 64.9 Å². The van der Waals surface area contributed by atoms with Gasteiger partial charge >= 0.3 is 0 Å². The lowest BCUT2D eigenvalue weighted by Gasteiger charge is -2.17. The molecule has 0 aromatic carbocycles. The zero-order valence-corrected chi connectivity index (χ0v) is 13.7. The number of anilines is 1. The van der Waals surface area contributed by atoms with E-state index >= 15 is 0 Å². The Hall–Kier alpha value is -2.47. The zero-order valence-electron chi connectivity index (χ0n) is 13.7. The Morgan fingerprint density at radius 2 is 2.17 bits per heavy atom. The van der Waals surface area contributed by atoms with Crippen LogP contribution < -0.4 is 5.32 Å². The van der Waals surface area contributed by atoms with Crippen molar-refractivity contribution in [1.29, 1.82) is 0 Å². The number of methoxy groups -OCH3 is 1. The summed E-state index contributed by atoms with van der Waals surface area (Å²) >= 11 is 0. The van der Waals surface area contributed by atoms with Crippen LogP contribution in [0.3, 0.4) is 0 Å². The van der Waals surface area contributed by atoms with Crippen molar-refractivity contribution in [3.8, 4) is 0 Å². The van der Waals surface area contributed by atoms with Gasteiger partial charge < -0.3 is 14.6 Å². The van der Waals surface area contributed by atoms with E-state index in [0.29, 0.717) is 6.61 Å².